The number of halogens is 2. The molecule has 1 N–H and O–H groups in total. The van der Waals surface area contributed by atoms with Crippen molar-refractivity contribution in [1.82, 2.24) is 5.32 Å². The number of ether oxygens (including phenoxy) is 1. The molecule has 0 bridgehead atoms. The second kappa shape index (κ2) is 5.73. The molecule has 15 heavy (non-hydrogen) atoms. The van der Waals surface area contributed by atoms with Crippen molar-refractivity contribution in [3.05, 3.63) is 41.2 Å². The van der Waals surface area contributed by atoms with Gasteiger partial charge in [-0.15, -0.1) is 0 Å². The first-order chi connectivity index (χ1) is 7.11. The molecule has 1 aromatic carbocycles. The minimum atomic E-state index is -0.321. The summed E-state index contributed by atoms with van der Waals surface area (Å²) < 4.78 is 18.3. The van der Waals surface area contributed by atoms with Crippen LogP contribution in [0.4, 0.5) is 4.39 Å². The summed E-state index contributed by atoms with van der Waals surface area (Å²) in [6.45, 7) is 4.26. The van der Waals surface area contributed by atoms with Crippen LogP contribution in [0.5, 0.6) is 5.75 Å². The third-order valence-corrected chi connectivity index (χ3v) is 1.82. The van der Waals surface area contributed by atoms with E-state index in [1.807, 2.05) is 0 Å². The standard InChI is InChI=1S/C11H13ClFNO/c1-8(12)7-15-11-4-9(6-14-2)3-10(13)5-11/h3-5,14H,1,6-7H2,2H3. The second-order valence-electron chi connectivity index (χ2n) is 3.13. The van der Waals surface area contributed by atoms with Crippen molar-refractivity contribution in [2.75, 3.05) is 13.7 Å². The van der Waals surface area contributed by atoms with Crippen LogP contribution in [0.3, 0.4) is 0 Å². The lowest BCUT2D eigenvalue weighted by Crippen LogP contribution is -2.06. The van der Waals surface area contributed by atoms with Gasteiger partial charge < -0.3 is 10.1 Å². The molecule has 82 valence electrons. The van der Waals surface area contributed by atoms with E-state index in [4.69, 9.17) is 16.3 Å². The van der Waals surface area contributed by atoms with Gasteiger partial charge in [-0.3, -0.25) is 0 Å². The maximum Gasteiger partial charge on any atom is 0.127 e. The van der Waals surface area contributed by atoms with Crippen molar-refractivity contribution in [1.29, 1.82) is 0 Å². The highest BCUT2D eigenvalue weighted by molar-refractivity contribution is 6.29. The fourth-order valence-electron chi connectivity index (χ4n) is 1.17. The molecule has 0 aromatic heterocycles. The lowest BCUT2D eigenvalue weighted by Gasteiger charge is -2.07. The van der Waals surface area contributed by atoms with E-state index in [1.165, 1.54) is 12.1 Å². The normalized spacial score (nSPS) is 10.1. The van der Waals surface area contributed by atoms with Crippen LogP contribution < -0.4 is 10.1 Å². The Morgan fingerprint density at radius 2 is 2.27 bits per heavy atom. The Bertz CT molecular complexity index is 354. The molecule has 0 unspecified atom stereocenters. The van der Waals surface area contributed by atoms with E-state index >= 15 is 0 Å². The van der Waals surface area contributed by atoms with Crippen LogP contribution in [-0.2, 0) is 6.54 Å². The second-order valence-corrected chi connectivity index (χ2v) is 3.67. The van der Waals surface area contributed by atoms with Gasteiger partial charge in [-0.05, 0) is 24.7 Å². The molecule has 0 spiro atoms. The minimum absolute atomic E-state index is 0.185. The predicted octanol–water partition coefficient (Wildman–Crippen LogP) is 2.68. The molecule has 0 saturated carbocycles. The van der Waals surface area contributed by atoms with Gasteiger partial charge >= 0.3 is 0 Å². The molecule has 0 aliphatic heterocycles. The van der Waals surface area contributed by atoms with Crippen molar-refractivity contribution < 1.29 is 9.13 Å². The van der Waals surface area contributed by atoms with Crippen molar-refractivity contribution in [3.63, 3.8) is 0 Å². The number of rotatable bonds is 5. The van der Waals surface area contributed by atoms with Crippen LogP contribution >= 0.6 is 11.6 Å². The molecular weight excluding hydrogens is 217 g/mol. The SMILES string of the molecule is C=C(Cl)COc1cc(F)cc(CNC)c1. The zero-order valence-corrected chi connectivity index (χ0v) is 9.27. The Labute approximate surface area is 93.7 Å². The maximum absolute atomic E-state index is 13.1. The molecule has 0 fully saturated rings. The molecule has 0 aliphatic carbocycles. The highest BCUT2D eigenvalue weighted by Gasteiger charge is 2.01. The van der Waals surface area contributed by atoms with Crippen LogP contribution in [0.2, 0.25) is 0 Å². The average molecular weight is 230 g/mol. The molecule has 0 atom stereocenters. The van der Waals surface area contributed by atoms with E-state index < -0.39 is 0 Å². The number of nitrogens with one attached hydrogen (secondary N) is 1. The summed E-state index contributed by atoms with van der Waals surface area (Å²) in [7, 11) is 1.80. The molecule has 0 radical (unpaired) electrons. The number of hydrogen-bond acceptors (Lipinski definition) is 2. The van der Waals surface area contributed by atoms with Crippen LogP contribution in [-0.4, -0.2) is 13.7 Å². The predicted molar refractivity (Wildman–Crippen MR) is 59.7 cm³/mol. The lowest BCUT2D eigenvalue weighted by atomic mass is 10.2. The molecule has 1 aromatic rings. The van der Waals surface area contributed by atoms with E-state index in [1.54, 1.807) is 13.1 Å². The van der Waals surface area contributed by atoms with Gasteiger partial charge in [0.25, 0.3) is 0 Å². The van der Waals surface area contributed by atoms with E-state index in [0.29, 0.717) is 17.3 Å². The first-order valence-electron chi connectivity index (χ1n) is 4.52. The fourth-order valence-corrected chi connectivity index (χ4v) is 1.23. The van der Waals surface area contributed by atoms with Crippen molar-refractivity contribution in [3.8, 4) is 5.75 Å². The van der Waals surface area contributed by atoms with Gasteiger partial charge in [-0.25, -0.2) is 4.39 Å². The third kappa shape index (κ3) is 4.32. The third-order valence-electron chi connectivity index (χ3n) is 1.71. The van der Waals surface area contributed by atoms with E-state index in [0.717, 1.165) is 5.56 Å². The van der Waals surface area contributed by atoms with Crippen LogP contribution in [0.15, 0.2) is 29.8 Å². The molecule has 2 nitrogen and oxygen atoms in total. The highest BCUT2D eigenvalue weighted by atomic mass is 35.5. The molecular formula is C11H13ClFNO. The Kier molecular flexibility index (Phi) is 4.59. The van der Waals surface area contributed by atoms with Crippen LogP contribution in [0.1, 0.15) is 5.56 Å². The van der Waals surface area contributed by atoms with Gasteiger partial charge in [0.1, 0.15) is 18.2 Å². The summed E-state index contributed by atoms with van der Waals surface area (Å²) in [5.41, 5.74) is 0.827. The Morgan fingerprint density at radius 3 is 2.87 bits per heavy atom. The van der Waals surface area contributed by atoms with E-state index in [-0.39, 0.29) is 12.4 Å². The molecule has 1 rings (SSSR count). The van der Waals surface area contributed by atoms with Crippen molar-refractivity contribution in [2.45, 2.75) is 6.54 Å². The molecule has 0 amide bonds. The largest absolute Gasteiger partial charge is 0.488 e. The summed E-state index contributed by atoms with van der Waals surface area (Å²) in [6.07, 6.45) is 0. The smallest absolute Gasteiger partial charge is 0.127 e. The summed E-state index contributed by atoms with van der Waals surface area (Å²) >= 11 is 5.54. The summed E-state index contributed by atoms with van der Waals surface area (Å²) in [5, 5.41) is 3.32. The topological polar surface area (TPSA) is 21.3 Å². The van der Waals surface area contributed by atoms with Crippen molar-refractivity contribution in [2.24, 2.45) is 0 Å². The van der Waals surface area contributed by atoms with Crippen molar-refractivity contribution >= 4 is 11.6 Å². The monoisotopic (exact) mass is 229 g/mol. The van der Waals surface area contributed by atoms with Gasteiger partial charge in [-0.2, -0.15) is 0 Å². The minimum Gasteiger partial charge on any atom is -0.488 e. The fraction of sp³-hybridized carbons (Fsp3) is 0.273. The molecule has 0 saturated heterocycles. The van der Waals surface area contributed by atoms with Gasteiger partial charge in [0.05, 0.1) is 0 Å². The average Bonchev–Trinajstić information content (AvgIpc) is 2.14. The van der Waals surface area contributed by atoms with Gasteiger partial charge in [-0.1, -0.05) is 18.2 Å². The molecule has 4 heteroatoms. The summed E-state index contributed by atoms with van der Waals surface area (Å²) in [6, 6.07) is 4.54. The quantitative estimate of drug-likeness (QED) is 0.838. The van der Waals surface area contributed by atoms with Gasteiger partial charge in [0.2, 0.25) is 0 Å². The Morgan fingerprint density at radius 1 is 1.53 bits per heavy atom. The first-order valence-corrected chi connectivity index (χ1v) is 4.89. The van der Waals surface area contributed by atoms with E-state index in [9.17, 15) is 4.39 Å². The number of benzene rings is 1. The van der Waals surface area contributed by atoms with Gasteiger partial charge in [0.15, 0.2) is 0 Å². The highest BCUT2D eigenvalue weighted by Crippen LogP contribution is 2.17. The number of hydrogen-bond donors (Lipinski definition) is 1. The summed E-state index contributed by atoms with van der Waals surface area (Å²) in [4.78, 5) is 0. The first kappa shape index (κ1) is 12.0. The lowest BCUT2D eigenvalue weighted by molar-refractivity contribution is 0.356. The Hall–Kier alpha value is -1.06. The molecule has 0 heterocycles. The van der Waals surface area contributed by atoms with Crippen LogP contribution in [0, 0.1) is 5.82 Å². The zero-order chi connectivity index (χ0) is 11.3. The van der Waals surface area contributed by atoms with E-state index in [2.05, 4.69) is 11.9 Å². The molecule has 0 aliphatic rings. The Balaban J connectivity index is 2.74. The van der Waals surface area contributed by atoms with Crippen LogP contribution in [0.25, 0.3) is 0 Å². The maximum atomic E-state index is 13.1. The summed E-state index contributed by atoms with van der Waals surface area (Å²) in [5.74, 6) is 0.139. The van der Waals surface area contributed by atoms with Gasteiger partial charge in [0, 0.05) is 17.6 Å². The zero-order valence-electron chi connectivity index (χ0n) is 8.52.